The van der Waals surface area contributed by atoms with Gasteiger partial charge in [-0.1, -0.05) is 24.8 Å². The maximum absolute atomic E-state index is 12.4. The number of hydrogen-bond acceptors (Lipinski definition) is 6. The molecular weight excluding hydrogens is 402 g/mol. The molecule has 0 unspecified atom stereocenters. The molecule has 0 aliphatic carbocycles. The molecule has 9 heteroatoms. The summed E-state index contributed by atoms with van der Waals surface area (Å²) in [5.41, 5.74) is 2.08. The number of hydrogen-bond donors (Lipinski definition) is 3. The molecular formula is C21H23N5O3S. The topological polar surface area (TPSA) is 109 Å². The molecule has 0 fully saturated rings. The predicted octanol–water partition coefficient (Wildman–Crippen LogP) is 3.75. The van der Waals surface area contributed by atoms with Gasteiger partial charge in [0.25, 0.3) is 0 Å². The molecule has 0 saturated carbocycles. The maximum Gasteiger partial charge on any atom is 0.234 e. The Morgan fingerprint density at radius 3 is 2.30 bits per heavy atom. The number of nitrogens with zero attached hydrogens (tertiary/aromatic N) is 3. The molecule has 0 aliphatic rings. The molecule has 0 bridgehead atoms. The Morgan fingerprint density at radius 2 is 1.67 bits per heavy atom. The number of phenols is 1. The van der Waals surface area contributed by atoms with E-state index in [-0.39, 0.29) is 23.3 Å². The molecule has 2 amide bonds. The highest BCUT2D eigenvalue weighted by Gasteiger charge is 2.15. The number of aromatic nitrogens is 3. The normalized spacial score (nSPS) is 10.6. The van der Waals surface area contributed by atoms with Crippen LogP contribution in [0, 0.1) is 0 Å². The Kier molecular flexibility index (Phi) is 7.08. The lowest BCUT2D eigenvalue weighted by molar-refractivity contribution is -0.116. The first-order valence-corrected chi connectivity index (χ1v) is 10.5. The van der Waals surface area contributed by atoms with Gasteiger partial charge in [-0.05, 0) is 49.4 Å². The van der Waals surface area contributed by atoms with Crippen molar-refractivity contribution in [1.29, 1.82) is 0 Å². The minimum absolute atomic E-state index is 0.0858. The third-order valence-corrected chi connectivity index (χ3v) is 5.21. The first-order valence-electron chi connectivity index (χ1n) is 9.55. The average molecular weight is 426 g/mol. The highest BCUT2D eigenvalue weighted by Crippen LogP contribution is 2.25. The Bertz CT molecular complexity index is 1030. The molecule has 1 heterocycles. The number of benzene rings is 2. The van der Waals surface area contributed by atoms with Crippen molar-refractivity contribution in [3.05, 3.63) is 48.5 Å². The molecule has 0 radical (unpaired) electrons. The molecule has 2 aromatic carbocycles. The second-order valence-electron chi connectivity index (χ2n) is 6.42. The summed E-state index contributed by atoms with van der Waals surface area (Å²) in [7, 11) is 0. The SMILES string of the molecule is CCC(=O)Nc1cccc(NC(=O)CSc2nnc(-c3ccc(O)cc3)n2CC)c1. The summed E-state index contributed by atoms with van der Waals surface area (Å²) >= 11 is 1.29. The summed E-state index contributed by atoms with van der Waals surface area (Å²) in [6.07, 6.45) is 0.386. The zero-order chi connectivity index (χ0) is 21.5. The van der Waals surface area contributed by atoms with Gasteiger partial charge < -0.3 is 20.3 Å². The van der Waals surface area contributed by atoms with Gasteiger partial charge in [0.2, 0.25) is 11.8 Å². The van der Waals surface area contributed by atoms with E-state index in [2.05, 4.69) is 20.8 Å². The quantitative estimate of drug-likeness (QED) is 0.474. The van der Waals surface area contributed by atoms with Crippen molar-refractivity contribution < 1.29 is 14.7 Å². The van der Waals surface area contributed by atoms with E-state index in [0.717, 1.165) is 5.56 Å². The van der Waals surface area contributed by atoms with Gasteiger partial charge in [0.1, 0.15) is 5.75 Å². The van der Waals surface area contributed by atoms with Crippen molar-refractivity contribution in [3.63, 3.8) is 0 Å². The average Bonchev–Trinajstić information content (AvgIpc) is 3.16. The van der Waals surface area contributed by atoms with Crippen molar-refractivity contribution in [2.24, 2.45) is 0 Å². The highest BCUT2D eigenvalue weighted by atomic mass is 32.2. The molecule has 3 rings (SSSR count). The van der Waals surface area contributed by atoms with E-state index in [1.807, 2.05) is 11.5 Å². The molecule has 3 N–H and O–H groups in total. The van der Waals surface area contributed by atoms with Crippen molar-refractivity contribution in [2.75, 3.05) is 16.4 Å². The molecule has 8 nitrogen and oxygen atoms in total. The lowest BCUT2D eigenvalue weighted by Gasteiger charge is -2.09. The van der Waals surface area contributed by atoms with E-state index in [9.17, 15) is 14.7 Å². The number of anilines is 2. The molecule has 3 aromatic rings. The van der Waals surface area contributed by atoms with Gasteiger partial charge in [0.05, 0.1) is 5.75 Å². The van der Waals surface area contributed by atoms with Crippen LogP contribution in [-0.2, 0) is 16.1 Å². The second kappa shape index (κ2) is 9.93. The number of carbonyl (C=O) groups is 2. The fourth-order valence-electron chi connectivity index (χ4n) is 2.76. The van der Waals surface area contributed by atoms with E-state index in [1.54, 1.807) is 55.5 Å². The van der Waals surface area contributed by atoms with E-state index in [1.165, 1.54) is 11.8 Å². The van der Waals surface area contributed by atoms with Gasteiger partial charge in [-0.3, -0.25) is 9.59 Å². The summed E-state index contributed by atoms with van der Waals surface area (Å²) in [5.74, 6) is 0.762. The Labute approximate surface area is 178 Å². The van der Waals surface area contributed by atoms with Crippen molar-refractivity contribution in [3.8, 4) is 17.1 Å². The largest absolute Gasteiger partial charge is 0.508 e. The van der Waals surface area contributed by atoms with Crippen LogP contribution in [0.5, 0.6) is 5.75 Å². The zero-order valence-electron chi connectivity index (χ0n) is 16.8. The van der Waals surface area contributed by atoms with Crippen LogP contribution in [0.25, 0.3) is 11.4 Å². The van der Waals surface area contributed by atoms with Crippen molar-refractivity contribution in [2.45, 2.75) is 32.0 Å². The summed E-state index contributed by atoms with van der Waals surface area (Å²) in [5, 5.41) is 24.1. The van der Waals surface area contributed by atoms with Crippen molar-refractivity contribution >= 4 is 35.0 Å². The minimum atomic E-state index is -0.184. The van der Waals surface area contributed by atoms with E-state index < -0.39 is 0 Å². The molecule has 1 aromatic heterocycles. The lowest BCUT2D eigenvalue weighted by atomic mass is 10.2. The third-order valence-electron chi connectivity index (χ3n) is 4.24. The van der Waals surface area contributed by atoms with Gasteiger partial charge >= 0.3 is 0 Å². The smallest absolute Gasteiger partial charge is 0.234 e. The monoisotopic (exact) mass is 425 g/mol. The van der Waals surface area contributed by atoms with Crippen LogP contribution in [-0.4, -0.2) is 37.4 Å². The second-order valence-corrected chi connectivity index (χ2v) is 7.36. The van der Waals surface area contributed by atoms with Gasteiger partial charge in [0, 0.05) is 29.9 Å². The standard InChI is InChI=1S/C21H23N5O3S/c1-3-18(28)22-15-6-5-7-16(12-15)23-19(29)13-30-21-25-24-20(26(21)4-2)14-8-10-17(27)11-9-14/h5-12,27H,3-4,13H2,1-2H3,(H,22,28)(H,23,29). The first kappa shape index (κ1) is 21.4. The van der Waals surface area contributed by atoms with Gasteiger partial charge in [0.15, 0.2) is 11.0 Å². The Morgan fingerprint density at radius 1 is 1.00 bits per heavy atom. The molecule has 0 atom stereocenters. The first-order chi connectivity index (χ1) is 14.5. The Hall–Kier alpha value is -3.33. The molecule has 156 valence electrons. The van der Waals surface area contributed by atoms with Gasteiger partial charge in [-0.25, -0.2) is 0 Å². The fourth-order valence-corrected chi connectivity index (χ4v) is 3.56. The number of thioether (sulfide) groups is 1. The number of nitrogens with one attached hydrogen (secondary N) is 2. The third kappa shape index (κ3) is 5.38. The molecule has 0 saturated heterocycles. The summed E-state index contributed by atoms with van der Waals surface area (Å²) < 4.78 is 1.92. The number of amides is 2. The summed E-state index contributed by atoms with van der Waals surface area (Å²) in [6, 6.07) is 13.8. The fraction of sp³-hybridized carbons (Fsp3) is 0.238. The van der Waals surface area contributed by atoms with Crippen LogP contribution in [0.1, 0.15) is 20.3 Å². The van der Waals surface area contributed by atoms with E-state index in [0.29, 0.717) is 35.3 Å². The predicted molar refractivity (Wildman–Crippen MR) is 118 cm³/mol. The van der Waals surface area contributed by atoms with Crippen LogP contribution in [0.2, 0.25) is 0 Å². The number of phenolic OH excluding ortho intramolecular Hbond substituents is 1. The van der Waals surface area contributed by atoms with E-state index >= 15 is 0 Å². The highest BCUT2D eigenvalue weighted by molar-refractivity contribution is 7.99. The number of aromatic hydroxyl groups is 1. The molecule has 30 heavy (non-hydrogen) atoms. The number of carbonyl (C=O) groups excluding carboxylic acids is 2. The van der Waals surface area contributed by atoms with Crippen molar-refractivity contribution in [1.82, 2.24) is 14.8 Å². The van der Waals surface area contributed by atoms with Gasteiger partial charge in [-0.15, -0.1) is 10.2 Å². The minimum Gasteiger partial charge on any atom is -0.508 e. The van der Waals surface area contributed by atoms with Crippen LogP contribution in [0.4, 0.5) is 11.4 Å². The van der Waals surface area contributed by atoms with Crippen LogP contribution >= 0.6 is 11.8 Å². The number of rotatable bonds is 8. The molecule has 0 spiro atoms. The van der Waals surface area contributed by atoms with Crippen LogP contribution in [0.15, 0.2) is 53.7 Å². The Balaban J connectivity index is 1.63. The maximum atomic E-state index is 12.4. The summed E-state index contributed by atoms with van der Waals surface area (Å²) in [6.45, 7) is 4.40. The molecule has 0 aliphatic heterocycles. The summed E-state index contributed by atoms with van der Waals surface area (Å²) in [4.78, 5) is 23.9. The van der Waals surface area contributed by atoms with Crippen LogP contribution < -0.4 is 10.6 Å². The lowest BCUT2D eigenvalue weighted by Crippen LogP contribution is -2.15. The zero-order valence-corrected chi connectivity index (χ0v) is 17.6. The van der Waals surface area contributed by atoms with E-state index in [4.69, 9.17) is 0 Å². The van der Waals surface area contributed by atoms with Gasteiger partial charge in [-0.2, -0.15) is 0 Å². The van der Waals surface area contributed by atoms with Crippen LogP contribution in [0.3, 0.4) is 0 Å².